The number of rotatable bonds is 1. The van der Waals surface area contributed by atoms with E-state index >= 15 is 0 Å². The largest absolute Gasteiger partial charge is 0.392 e. The molecule has 0 aliphatic carbocycles. The fourth-order valence-electron chi connectivity index (χ4n) is 1.15. The van der Waals surface area contributed by atoms with Crippen molar-refractivity contribution in [2.24, 2.45) is 0 Å². The maximum atomic E-state index is 9.11. The fourth-order valence-corrected chi connectivity index (χ4v) is 1.15. The molecule has 1 atom stereocenters. The molecule has 0 spiro atoms. The van der Waals surface area contributed by atoms with Crippen LogP contribution in [0.3, 0.4) is 0 Å². The first kappa shape index (κ1) is 7.59. The van der Waals surface area contributed by atoms with Gasteiger partial charge in [0.25, 0.3) is 0 Å². The molecule has 0 aromatic heterocycles. The van der Waals surface area contributed by atoms with Gasteiger partial charge in [-0.1, -0.05) is 5.92 Å². The Morgan fingerprint density at radius 3 is 3.00 bits per heavy atom. The zero-order chi connectivity index (χ0) is 7.40. The molecule has 10 heavy (non-hydrogen) atoms. The van der Waals surface area contributed by atoms with Crippen molar-refractivity contribution >= 4 is 0 Å². The van der Waals surface area contributed by atoms with Crippen LogP contribution in [0.25, 0.3) is 0 Å². The minimum absolute atomic E-state index is 0.112. The van der Waals surface area contributed by atoms with Gasteiger partial charge in [-0.15, -0.1) is 5.92 Å². The minimum Gasteiger partial charge on any atom is -0.392 e. The summed E-state index contributed by atoms with van der Waals surface area (Å²) >= 11 is 0. The molecular formula is C8H13NO. The van der Waals surface area contributed by atoms with E-state index in [-0.39, 0.29) is 6.10 Å². The van der Waals surface area contributed by atoms with Crippen molar-refractivity contribution in [3.8, 4) is 11.8 Å². The Kier molecular flexibility index (Phi) is 2.73. The van der Waals surface area contributed by atoms with Crippen molar-refractivity contribution < 1.29 is 5.11 Å². The van der Waals surface area contributed by atoms with Crippen molar-refractivity contribution in [2.45, 2.75) is 19.4 Å². The van der Waals surface area contributed by atoms with Gasteiger partial charge in [-0.25, -0.2) is 0 Å². The third-order valence-electron chi connectivity index (χ3n) is 1.73. The average molecular weight is 139 g/mol. The second-order valence-electron chi connectivity index (χ2n) is 2.60. The molecular weight excluding hydrogens is 126 g/mol. The second kappa shape index (κ2) is 3.60. The van der Waals surface area contributed by atoms with E-state index in [0.29, 0.717) is 0 Å². The van der Waals surface area contributed by atoms with Crippen LogP contribution in [-0.4, -0.2) is 35.7 Å². The van der Waals surface area contributed by atoms with Crippen LogP contribution in [0.1, 0.15) is 13.3 Å². The Balaban J connectivity index is 2.22. The first-order valence-electron chi connectivity index (χ1n) is 3.63. The summed E-state index contributed by atoms with van der Waals surface area (Å²) < 4.78 is 0. The minimum atomic E-state index is -0.112. The number of aliphatic hydroxyl groups is 1. The standard InChI is InChI=1S/C8H13NO/c1-2-3-5-9-6-4-8(10)7-9/h8,10H,4-7H2,1H3/t8-/m1/s1. The van der Waals surface area contributed by atoms with Gasteiger partial charge in [-0.3, -0.25) is 4.90 Å². The molecule has 1 heterocycles. The monoisotopic (exact) mass is 139 g/mol. The van der Waals surface area contributed by atoms with E-state index in [1.165, 1.54) is 0 Å². The van der Waals surface area contributed by atoms with Gasteiger partial charge in [0.1, 0.15) is 0 Å². The van der Waals surface area contributed by atoms with Gasteiger partial charge in [0.2, 0.25) is 0 Å². The van der Waals surface area contributed by atoms with E-state index < -0.39 is 0 Å². The van der Waals surface area contributed by atoms with Crippen molar-refractivity contribution in [3.63, 3.8) is 0 Å². The van der Waals surface area contributed by atoms with Gasteiger partial charge < -0.3 is 5.11 Å². The van der Waals surface area contributed by atoms with Crippen LogP contribution in [0.5, 0.6) is 0 Å². The second-order valence-corrected chi connectivity index (χ2v) is 2.60. The highest BCUT2D eigenvalue weighted by molar-refractivity contribution is 4.98. The third kappa shape index (κ3) is 2.02. The van der Waals surface area contributed by atoms with Gasteiger partial charge in [0, 0.05) is 13.1 Å². The van der Waals surface area contributed by atoms with Crippen LogP contribution in [0.4, 0.5) is 0 Å². The van der Waals surface area contributed by atoms with E-state index in [4.69, 9.17) is 5.11 Å². The van der Waals surface area contributed by atoms with Gasteiger partial charge in [-0.2, -0.15) is 0 Å². The molecule has 0 unspecified atom stereocenters. The Bertz CT molecular complexity index is 156. The summed E-state index contributed by atoms with van der Waals surface area (Å²) in [7, 11) is 0. The van der Waals surface area contributed by atoms with E-state index in [1.54, 1.807) is 0 Å². The van der Waals surface area contributed by atoms with Crippen LogP contribution >= 0.6 is 0 Å². The molecule has 0 aromatic carbocycles. The smallest absolute Gasteiger partial charge is 0.0679 e. The number of hydrogen-bond acceptors (Lipinski definition) is 2. The normalized spacial score (nSPS) is 26.0. The summed E-state index contributed by atoms with van der Waals surface area (Å²) in [5.41, 5.74) is 0. The van der Waals surface area contributed by atoms with Crippen LogP contribution in [0.15, 0.2) is 0 Å². The highest BCUT2D eigenvalue weighted by atomic mass is 16.3. The lowest BCUT2D eigenvalue weighted by molar-refractivity contribution is 0.180. The van der Waals surface area contributed by atoms with Crippen molar-refractivity contribution in [1.82, 2.24) is 4.90 Å². The highest BCUT2D eigenvalue weighted by Gasteiger charge is 2.18. The Hall–Kier alpha value is -0.520. The summed E-state index contributed by atoms with van der Waals surface area (Å²) in [6, 6.07) is 0. The number of aliphatic hydroxyl groups excluding tert-OH is 1. The van der Waals surface area contributed by atoms with E-state index in [0.717, 1.165) is 26.1 Å². The number of hydrogen-bond donors (Lipinski definition) is 1. The predicted molar refractivity (Wildman–Crippen MR) is 40.5 cm³/mol. The molecule has 2 nitrogen and oxygen atoms in total. The maximum Gasteiger partial charge on any atom is 0.0679 e. The Morgan fingerprint density at radius 2 is 2.50 bits per heavy atom. The topological polar surface area (TPSA) is 23.5 Å². The molecule has 0 amide bonds. The van der Waals surface area contributed by atoms with Crippen LogP contribution in [0.2, 0.25) is 0 Å². The Labute approximate surface area is 61.8 Å². The molecule has 1 rings (SSSR count). The molecule has 1 aliphatic heterocycles. The summed E-state index contributed by atoms with van der Waals surface area (Å²) in [5.74, 6) is 5.81. The molecule has 0 radical (unpaired) electrons. The van der Waals surface area contributed by atoms with Crippen molar-refractivity contribution in [1.29, 1.82) is 0 Å². The maximum absolute atomic E-state index is 9.11. The molecule has 0 bridgehead atoms. The van der Waals surface area contributed by atoms with Crippen LogP contribution < -0.4 is 0 Å². The summed E-state index contributed by atoms with van der Waals surface area (Å²) in [5, 5.41) is 9.11. The number of likely N-dealkylation sites (tertiary alicyclic amines) is 1. The fraction of sp³-hybridized carbons (Fsp3) is 0.750. The van der Waals surface area contributed by atoms with E-state index in [2.05, 4.69) is 16.7 Å². The summed E-state index contributed by atoms with van der Waals surface area (Å²) in [4.78, 5) is 2.17. The van der Waals surface area contributed by atoms with Gasteiger partial charge >= 0.3 is 0 Å². The first-order valence-corrected chi connectivity index (χ1v) is 3.63. The first-order chi connectivity index (χ1) is 4.83. The molecule has 1 aliphatic rings. The zero-order valence-corrected chi connectivity index (χ0v) is 6.30. The molecule has 1 fully saturated rings. The molecule has 1 saturated heterocycles. The average Bonchev–Trinajstić information content (AvgIpc) is 2.31. The lowest BCUT2D eigenvalue weighted by atomic mass is 10.3. The SMILES string of the molecule is CC#CCN1CC[C@@H](O)C1. The van der Waals surface area contributed by atoms with Gasteiger partial charge in [0.15, 0.2) is 0 Å². The number of β-amino-alcohol motifs (C(OH)–C–C–N with tert-alkyl or cyclic N) is 1. The van der Waals surface area contributed by atoms with E-state index in [9.17, 15) is 0 Å². The van der Waals surface area contributed by atoms with Crippen LogP contribution in [0, 0.1) is 11.8 Å². The van der Waals surface area contributed by atoms with Crippen molar-refractivity contribution in [2.75, 3.05) is 19.6 Å². The summed E-state index contributed by atoms with van der Waals surface area (Å²) in [6.45, 7) is 4.45. The third-order valence-corrected chi connectivity index (χ3v) is 1.73. The predicted octanol–water partition coefficient (Wildman–Crippen LogP) is 0.0763. The quantitative estimate of drug-likeness (QED) is 0.520. The molecule has 1 N–H and O–H groups in total. The van der Waals surface area contributed by atoms with E-state index in [1.807, 2.05) is 6.92 Å². The van der Waals surface area contributed by atoms with Crippen LogP contribution in [-0.2, 0) is 0 Å². The lowest BCUT2D eigenvalue weighted by Gasteiger charge is -2.08. The van der Waals surface area contributed by atoms with Gasteiger partial charge in [0.05, 0.1) is 12.6 Å². The zero-order valence-electron chi connectivity index (χ0n) is 6.30. The van der Waals surface area contributed by atoms with Crippen molar-refractivity contribution in [3.05, 3.63) is 0 Å². The molecule has 56 valence electrons. The Morgan fingerprint density at radius 1 is 1.70 bits per heavy atom. The summed E-state index contributed by atoms with van der Waals surface area (Å²) in [6.07, 6.45) is 0.796. The highest BCUT2D eigenvalue weighted by Crippen LogP contribution is 2.06. The molecule has 2 heteroatoms. The number of nitrogens with zero attached hydrogens (tertiary/aromatic N) is 1. The van der Waals surface area contributed by atoms with Gasteiger partial charge in [-0.05, 0) is 13.3 Å². The lowest BCUT2D eigenvalue weighted by Crippen LogP contribution is -2.22. The molecule has 0 aromatic rings. The molecule has 0 saturated carbocycles.